The predicted octanol–water partition coefficient (Wildman–Crippen LogP) is 2.81. The van der Waals surface area contributed by atoms with Gasteiger partial charge in [-0.3, -0.25) is 24.6 Å². The van der Waals surface area contributed by atoms with Crippen LogP contribution < -0.4 is 10.6 Å². The first-order valence-electron chi connectivity index (χ1n) is 12.4. The summed E-state index contributed by atoms with van der Waals surface area (Å²) >= 11 is 0. The Hall–Kier alpha value is -3.30. The van der Waals surface area contributed by atoms with Crippen molar-refractivity contribution in [2.24, 2.45) is 0 Å². The van der Waals surface area contributed by atoms with Crippen LogP contribution >= 0.6 is 0 Å². The van der Waals surface area contributed by atoms with Crippen LogP contribution in [0.15, 0.2) is 36.4 Å². The van der Waals surface area contributed by atoms with Crippen molar-refractivity contribution in [2.75, 3.05) is 18.4 Å². The maximum atomic E-state index is 15.4. The maximum absolute atomic E-state index is 15.4. The highest BCUT2D eigenvalue weighted by atomic mass is 19.1. The van der Waals surface area contributed by atoms with Crippen LogP contribution in [-0.2, 0) is 34.0 Å². The molecule has 3 aliphatic heterocycles. The molecular formula is C27H31FN4O4. The van der Waals surface area contributed by atoms with Gasteiger partial charge in [0.05, 0.1) is 12.2 Å². The SMILES string of the molecule is CC1CN(Cc2cccc(CNc3cccc4c3CN([C@@H]3CCC(=O)NC3=O)C4=O)c2F)CC(C)O1. The number of amides is 3. The van der Waals surface area contributed by atoms with Gasteiger partial charge < -0.3 is 15.0 Å². The molecule has 36 heavy (non-hydrogen) atoms. The van der Waals surface area contributed by atoms with E-state index in [0.29, 0.717) is 29.7 Å². The molecule has 3 aliphatic rings. The number of fused-ring (bicyclic) bond motifs is 1. The molecule has 0 aromatic heterocycles. The molecule has 2 unspecified atom stereocenters. The van der Waals surface area contributed by atoms with Gasteiger partial charge in [-0.2, -0.15) is 0 Å². The lowest BCUT2D eigenvalue weighted by Crippen LogP contribution is -2.52. The van der Waals surface area contributed by atoms with E-state index in [1.54, 1.807) is 18.2 Å². The summed E-state index contributed by atoms with van der Waals surface area (Å²) in [6.07, 6.45) is 0.749. The predicted molar refractivity (Wildman–Crippen MR) is 131 cm³/mol. The van der Waals surface area contributed by atoms with E-state index in [0.717, 1.165) is 24.3 Å². The Morgan fingerprint density at radius 3 is 2.53 bits per heavy atom. The summed E-state index contributed by atoms with van der Waals surface area (Å²) < 4.78 is 21.2. The molecule has 8 nitrogen and oxygen atoms in total. The fourth-order valence-corrected chi connectivity index (χ4v) is 5.49. The van der Waals surface area contributed by atoms with Crippen LogP contribution in [0, 0.1) is 5.82 Å². The van der Waals surface area contributed by atoms with Gasteiger partial charge in [-0.05, 0) is 32.4 Å². The Labute approximate surface area is 209 Å². The number of hydrogen-bond acceptors (Lipinski definition) is 6. The van der Waals surface area contributed by atoms with E-state index in [2.05, 4.69) is 15.5 Å². The Morgan fingerprint density at radius 2 is 1.78 bits per heavy atom. The average molecular weight is 495 g/mol. The van der Waals surface area contributed by atoms with Gasteiger partial charge in [0.2, 0.25) is 11.8 Å². The van der Waals surface area contributed by atoms with Crippen molar-refractivity contribution < 1.29 is 23.5 Å². The molecule has 190 valence electrons. The lowest BCUT2D eigenvalue weighted by molar-refractivity contribution is -0.136. The molecule has 0 radical (unpaired) electrons. The van der Waals surface area contributed by atoms with E-state index in [-0.39, 0.29) is 49.3 Å². The third-order valence-electron chi connectivity index (χ3n) is 7.10. The fourth-order valence-electron chi connectivity index (χ4n) is 5.49. The largest absolute Gasteiger partial charge is 0.381 e. The first-order chi connectivity index (χ1) is 17.3. The number of halogens is 1. The van der Waals surface area contributed by atoms with Gasteiger partial charge in [-0.15, -0.1) is 0 Å². The molecule has 2 aromatic rings. The Morgan fingerprint density at radius 1 is 1.06 bits per heavy atom. The molecule has 2 fully saturated rings. The molecule has 0 saturated carbocycles. The van der Waals surface area contributed by atoms with Crippen molar-refractivity contribution >= 4 is 23.4 Å². The molecule has 5 rings (SSSR count). The highest BCUT2D eigenvalue weighted by Gasteiger charge is 2.39. The van der Waals surface area contributed by atoms with E-state index >= 15 is 4.39 Å². The van der Waals surface area contributed by atoms with Crippen LogP contribution in [0.5, 0.6) is 0 Å². The molecule has 0 bridgehead atoms. The minimum atomic E-state index is -0.671. The molecule has 2 aromatic carbocycles. The summed E-state index contributed by atoms with van der Waals surface area (Å²) in [4.78, 5) is 40.6. The topological polar surface area (TPSA) is 91.0 Å². The molecule has 0 spiro atoms. The molecule has 9 heteroatoms. The van der Waals surface area contributed by atoms with Crippen molar-refractivity contribution in [1.82, 2.24) is 15.1 Å². The number of imide groups is 1. The van der Waals surface area contributed by atoms with Gasteiger partial charge in [0.25, 0.3) is 5.91 Å². The molecule has 3 heterocycles. The monoisotopic (exact) mass is 494 g/mol. The number of ether oxygens (including phenoxy) is 1. The normalized spacial score (nSPS) is 24.6. The summed E-state index contributed by atoms with van der Waals surface area (Å²) in [5, 5.41) is 5.62. The molecule has 3 amide bonds. The first kappa shape index (κ1) is 24.4. The van der Waals surface area contributed by atoms with Gasteiger partial charge in [-0.1, -0.05) is 24.3 Å². The second-order valence-electron chi connectivity index (χ2n) is 9.93. The highest BCUT2D eigenvalue weighted by molar-refractivity contribution is 6.06. The van der Waals surface area contributed by atoms with Crippen LogP contribution in [0.2, 0.25) is 0 Å². The lowest BCUT2D eigenvalue weighted by atomic mass is 10.0. The van der Waals surface area contributed by atoms with Gasteiger partial charge in [0.1, 0.15) is 11.9 Å². The number of carbonyl (C=O) groups excluding carboxylic acids is 3. The van der Waals surface area contributed by atoms with Crippen molar-refractivity contribution in [3.05, 3.63) is 64.5 Å². The van der Waals surface area contributed by atoms with E-state index < -0.39 is 11.9 Å². The number of nitrogens with one attached hydrogen (secondary N) is 2. The lowest BCUT2D eigenvalue weighted by Gasteiger charge is -2.35. The minimum Gasteiger partial charge on any atom is -0.381 e. The first-order valence-corrected chi connectivity index (χ1v) is 12.4. The quantitative estimate of drug-likeness (QED) is 0.601. The van der Waals surface area contributed by atoms with Crippen molar-refractivity contribution in [1.29, 1.82) is 0 Å². The summed E-state index contributed by atoms with van der Waals surface area (Å²) in [6, 6.07) is 10.2. The Bertz CT molecular complexity index is 1190. The van der Waals surface area contributed by atoms with Gasteiger partial charge >= 0.3 is 0 Å². The third-order valence-corrected chi connectivity index (χ3v) is 7.10. The molecule has 2 N–H and O–H groups in total. The maximum Gasteiger partial charge on any atom is 0.255 e. The Balaban J connectivity index is 1.29. The van der Waals surface area contributed by atoms with Crippen molar-refractivity contribution in [3.63, 3.8) is 0 Å². The van der Waals surface area contributed by atoms with E-state index in [4.69, 9.17) is 4.74 Å². The average Bonchev–Trinajstić information content (AvgIpc) is 3.16. The van der Waals surface area contributed by atoms with Crippen molar-refractivity contribution in [2.45, 2.75) is 64.6 Å². The molecular weight excluding hydrogens is 463 g/mol. The zero-order valence-electron chi connectivity index (χ0n) is 20.6. The second-order valence-corrected chi connectivity index (χ2v) is 9.93. The standard InChI is InChI=1S/C27H31FN4O4/c1-16-12-31(13-17(2)36-16)14-19-6-3-5-18(25(19)28)11-29-22-8-4-7-20-21(22)15-32(27(20)35)23-9-10-24(33)30-26(23)34/h3-8,16-17,23,29H,9-15H2,1-2H3,(H,30,33,34)/t16?,17?,23-/m1/s1. The highest BCUT2D eigenvalue weighted by Crippen LogP contribution is 2.32. The summed E-state index contributed by atoms with van der Waals surface area (Å²) in [5.41, 5.74) is 3.23. The molecule has 3 atom stereocenters. The number of anilines is 1. The number of rotatable bonds is 6. The van der Waals surface area contributed by atoms with Gasteiger partial charge in [0, 0.05) is 67.1 Å². The molecule has 2 saturated heterocycles. The van der Waals surface area contributed by atoms with E-state index in [9.17, 15) is 14.4 Å². The zero-order chi connectivity index (χ0) is 25.4. The van der Waals surface area contributed by atoms with E-state index in [1.807, 2.05) is 32.0 Å². The number of morpholine rings is 1. The summed E-state index contributed by atoms with van der Waals surface area (Å²) in [6.45, 7) is 6.64. The second kappa shape index (κ2) is 9.99. The Kier molecular flexibility index (Phi) is 6.77. The van der Waals surface area contributed by atoms with Gasteiger partial charge in [-0.25, -0.2) is 4.39 Å². The number of piperidine rings is 1. The number of benzene rings is 2. The summed E-state index contributed by atoms with van der Waals surface area (Å²) in [5.74, 6) is -1.22. The van der Waals surface area contributed by atoms with Gasteiger partial charge in [0.15, 0.2) is 0 Å². The van der Waals surface area contributed by atoms with Crippen LogP contribution in [0.1, 0.15) is 53.7 Å². The van der Waals surface area contributed by atoms with Crippen molar-refractivity contribution in [3.8, 4) is 0 Å². The zero-order valence-corrected chi connectivity index (χ0v) is 20.6. The van der Waals surface area contributed by atoms with Crippen LogP contribution in [0.4, 0.5) is 10.1 Å². The van der Waals surface area contributed by atoms with E-state index in [1.165, 1.54) is 4.90 Å². The molecule has 0 aliphatic carbocycles. The number of carbonyl (C=O) groups is 3. The number of nitrogens with zero attached hydrogens (tertiary/aromatic N) is 2. The minimum absolute atomic E-state index is 0.115. The van der Waals surface area contributed by atoms with Crippen LogP contribution in [-0.4, -0.2) is 58.9 Å². The number of hydrogen-bond donors (Lipinski definition) is 2. The van der Waals surface area contributed by atoms with Crippen LogP contribution in [0.3, 0.4) is 0 Å². The summed E-state index contributed by atoms with van der Waals surface area (Å²) in [7, 11) is 0. The van der Waals surface area contributed by atoms with Crippen LogP contribution in [0.25, 0.3) is 0 Å². The fraction of sp³-hybridized carbons (Fsp3) is 0.444. The third kappa shape index (κ3) is 4.85. The smallest absolute Gasteiger partial charge is 0.255 e.